The van der Waals surface area contributed by atoms with Gasteiger partial charge in [-0.25, -0.2) is 0 Å². The SMILES string of the molecule is OC(Cc1cccc(Cl)c1)C1CCNCC1. The van der Waals surface area contributed by atoms with Gasteiger partial charge >= 0.3 is 0 Å². The number of hydrogen-bond donors (Lipinski definition) is 2. The van der Waals surface area contributed by atoms with Gasteiger partial charge in [-0.05, 0) is 56.0 Å². The standard InChI is InChI=1S/C13H18ClNO/c14-12-3-1-2-10(8-12)9-13(16)11-4-6-15-7-5-11/h1-3,8,11,13,15-16H,4-7,9H2. The molecule has 2 N–H and O–H groups in total. The lowest BCUT2D eigenvalue weighted by atomic mass is 9.89. The Morgan fingerprint density at radius 3 is 2.81 bits per heavy atom. The first-order valence-electron chi connectivity index (χ1n) is 5.89. The summed E-state index contributed by atoms with van der Waals surface area (Å²) in [7, 11) is 0. The molecule has 1 fully saturated rings. The molecule has 3 heteroatoms. The second kappa shape index (κ2) is 5.67. The third-order valence-corrected chi connectivity index (χ3v) is 3.50. The van der Waals surface area contributed by atoms with Gasteiger partial charge in [0.15, 0.2) is 0 Å². The Kier molecular flexibility index (Phi) is 4.22. The monoisotopic (exact) mass is 239 g/mol. The molecule has 0 aliphatic carbocycles. The summed E-state index contributed by atoms with van der Waals surface area (Å²) >= 11 is 5.92. The van der Waals surface area contributed by atoms with E-state index < -0.39 is 0 Å². The topological polar surface area (TPSA) is 32.3 Å². The van der Waals surface area contributed by atoms with E-state index in [1.54, 1.807) is 0 Å². The van der Waals surface area contributed by atoms with Crippen LogP contribution >= 0.6 is 11.6 Å². The Morgan fingerprint density at radius 1 is 1.38 bits per heavy atom. The molecule has 1 aromatic carbocycles. The Labute approximate surface area is 102 Å². The summed E-state index contributed by atoms with van der Waals surface area (Å²) in [5, 5.41) is 14.2. The first kappa shape index (κ1) is 11.9. The molecular formula is C13H18ClNO. The smallest absolute Gasteiger partial charge is 0.0609 e. The summed E-state index contributed by atoms with van der Waals surface area (Å²) < 4.78 is 0. The van der Waals surface area contributed by atoms with Crippen molar-refractivity contribution in [3.63, 3.8) is 0 Å². The molecule has 1 atom stereocenters. The van der Waals surface area contributed by atoms with Crippen molar-refractivity contribution in [1.29, 1.82) is 0 Å². The van der Waals surface area contributed by atoms with Crippen LogP contribution in [0.5, 0.6) is 0 Å². The lowest BCUT2D eigenvalue weighted by Gasteiger charge is -2.27. The van der Waals surface area contributed by atoms with Crippen LogP contribution in [0.3, 0.4) is 0 Å². The minimum absolute atomic E-state index is 0.236. The highest BCUT2D eigenvalue weighted by atomic mass is 35.5. The van der Waals surface area contributed by atoms with Gasteiger partial charge in [-0.1, -0.05) is 23.7 Å². The average molecular weight is 240 g/mol. The van der Waals surface area contributed by atoms with Crippen molar-refractivity contribution >= 4 is 11.6 Å². The predicted octanol–water partition coefficient (Wildman–Crippen LogP) is 2.24. The molecule has 0 aromatic heterocycles. The van der Waals surface area contributed by atoms with Crippen molar-refractivity contribution in [2.24, 2.45) is 5.92 Å². The first-order valence-corrected chi connectivity index (χ1v) is 6.27. The van der Waals surface area contributed by atoms with Crippen LogP contribution in [-0.2, 0) is 6.42 Å². The number of nitrogens with one attached hydrogen (secondary N) is 1. The van der Waals surface area contributed by atoms with E-state index in [1.807, 2.05) is 24.3 Å². The Balaban J connectivity index is 1.93. The molecule has 0 bridgehead atoms. The molecule has 0 saturated carbocycles. The fourth-order valence-electron chi connectivity index (χ4n) is 2.30. The lowest BCUT2D eigenvalue weighted by molar-refractivity contribution is 0.0891. The summed E-state index contributed by atoms with van der Waals surface area (Å²) in [5.41, 5.74) is 1.12. The molecule has 88 valence electrons. The van der Waals surface area contributed by atoms with Crippen molar-refractivity contribution in [2.45, 2.75) is 25.4 Å². The summed E-state index contributed by atoms with van der Waals surface area (Å²) in [5.74, 6) is 0.431. The maximum atomic E-state index is 10.1. The van der Waals surface area contributed by atoms with Crippen LogP contribution in [0, 0.1) is 5.92 Å². The molecule has 0 radical (unpaired) electrons. The quantitative estimate of drug-likeness (QED) is 0.848. The number of benzene rings is 1. The molecule has 1 aromatic rings. The van der Waals surface area contributed by atoms with Gasteiger partial charge in [0.1, 0.15) is 0 Å². The second-order valence-electron chi connectivity index (χ2n) is 4.49. The van der Waals surface area contributed by atoms with E-state index in [1.165, 1.54) is 0 Å². The van der Waals surface area contributed by atoms with E-state index in [4.69, 9.17) is 11.6 Å². The van der Waals surface area contributed by atoms with E-state index in [2.05, 4.69) is 5.32 Å². The van der Waals surface area contributed by atoms with Crippen LogP contribution < -0.4 is 5.32 Å². The van der Waals surface area contributed by atoms with E-state index >= 15 is 0 Å². The first-order chi connectivity index (χ1) is 7.75. The molecule has 2 rings (SSSR count). The molecule has 1 aliphatic heterocycles. The van der Waals surface area contributed by atoms with Crippen molar-refractivity contribution in [1.82, 2.24) is 5.32 Å². The number of piperidine rings is 1. The van der Waals surface area contributed by atoms with Crippen LogP contribution in [0.25, 0.3) is 0 Å². The number of aliphatic hydroxyl groups excluding tert-OH is 1. The van der Waals surface area contributed by atoms with Gasteiger partial charge < -0.3 is 10.4 Å². The Bertz CT molecular complexity index is 336. The predicted molar refractivity (Wildman–Crippen MR) is 66.8 cm³/mol. The molecule has 1 saturated heterocycles. The van der Waals surface area contributed by atoms with Crippen molar-refractivity contribution in [3.05, 3.63) is 34.9 Å². The van der Waals surface area contributed by atoms with Gasteiger partial charge in [-0.15, -0.1) is 0 Å². The molecule has 0 spiro atoms. The van der Waals surface area contributed by atoms with E-state index in [-0.39, 0.29) is 6.10 Å². The Morgan fingerprint density at radius 2 is 2.12 bits per heavy atom. The molecular weight excluding hydrogens is 222 g/mol. The summed E-state index contributed by atoms with van der Waals surface area (Å²) in [4.78, 5) is 0. The maximum absolute atomic E-state index is 10.1. The largest absolute Gasteiger partial charge is 0.392 e. The third-order valence-electron chi connectivity index (χ3n) is 3.26. The summed E-state index contributed by atoms with van der Waals surface area (Å²) in [6, 6.07) is 7.76. The van der Waals surface area contributed by atoms with Crippen molar-refractivity contribution in [3.8, 4) is 0 Å². The normalized spacial score (nSPS) is 19.6. The van der Waals surface area contributed by atoms with Crippen LogP contribution in [0.1, 0.15) is 18.4 Å². The summed E-state index contributed by atoms with van der Waals surface area (Å²) in [6.45, 7) is 2.05. The van der Waals surface area contributed by atoms with Gasteiger partial charge in [0.25, 0.3) is 0 Å². The number of aliphatic hydroxyl groups is 1. The number of rotatable bonds is 3. The van der Waals surface area contributed by atoms with E-state index in [0.29, 0.717) is 12.3 Å². The van der Waals surface area contributed by atoms with Gasteiger partial charge in [0.05, 0.1) is 6.10 Å². The highest BCUT2D eigenvalue weighted by molar-refractivity contribution is 6.30. The van der Waals surface area contributed by atoms with Crippen LogP contribution in [0.15, 0.2) is 24.3 Å². The molecule has 1 heterocycles. The summed E-state index contributed by atoms with van der Waals surface area (Å²) in [6.07, 6.45) is 2.62. The zero-order chi connectivity index (χ0) is 11.4. The third kappa shape index (κ3) is 3.21. The van der Waals surface area contributed by atoms with Gasteiger partial charge in [0.2, 0.25) is 0 Å². The number of hydrogen-bond acceptors (Lipinski definition) is 2. The molecule has 16 heavy (non-hydrogen) atoms. The minimum Gasteiger partial charge on any atom is -0.392 e. The van der Waals surface area contributed by atoms with Crippen LogP contribution in [0.4, 0.5) is 0 Å². The van der Waals surface area contributed by atoms with Crippen LogP contribution in [0.2, 0.25) is 5.02 Å². The second-order valence-corrected chi connectivity index (χ2v) is 4.93. The highest BCUT2D eigenvalue weighted by Crippen LogP contribution is 2.20. The van der Waals surface area contributed by atoms with Gasteiger partial charge in [0, 0.05) is 5.02 Å². The van der Waals surface area contributed by atoms with E-state index in [0.717, 1.165) is 36.5 Å². The van der Waals surface area contributed by atoms with Gasteiger partial charge in [-0.2, -0.15) is 0 Å². The molecule has 1 unspecified atom stereocenters. The molecule has 1 aliphatic rings. The van der Waals surface area contributed by atoms with E-state index in [9.17, 15) is 5.11 Å². The highest BCUT2D eigenvalue weighted by Gasteiger charge is 2.21. The van der Waals surface area contributed by atoms with Gasteiger partial charge in [-0.3, -0.25) is 0 Å². The molecule has 0 amide bonds. The maximum Gasteiger partial charge on any atom is 0.0609 e. The zero-order valence-corrected chi connectivity index (χ0v) is 10.1. The fourth-order valence-corrected chi connectivity index (χ4v) is 2.51. The average Bonchev–Trinajstić information content (AvgIpc) is 2.30. The zero-order valence-electron chi connectivity index (χ0n) is 9.32. The van der Waals surface area contributed by atoms with Crippen LogP contribution in [-0.4, -0.2) is 24.3 Å². The lowest BCUT2D eigenvalue weighted by Crippen LogP contribution is -2.34. The Hall–Kier alpha value is -0.570. The van der Waals surface area contributed by atoms with Crippen molar-refractivity contribution < 1.29 is 5.11 Å². The minimum atomic E-state index is -0.236. The van der Waals surface area contributed by atoms with Crippen molar-refractivity contribution in [2.75, 3.05) is 13.1 Å². The number of halogens is 1. The fraction of sp³-hybridized carbons (Fsp3) is 0.538. The molecule has 2 nitrogen and oxygen atoms in total.